The van der Waals surface area contributed by atoms with E-state index in [1.165, 1.54) is 6.07 Å². The number of likely N-dealkylation sites (N-methyl/N-ethyl adjacent to an activating group) is 1. The number of nitrogens with zero attached hydrogens (tertiary/aromatic N) is 1. The minimum Gasteiger partial charge on any atom is -0.462 e. The summed E-state index contributed by atoms with van der Waals surface area (Å²) in [6, 6.07) is 2.57. The molecule has 6 heteroatoms. The average molecular weight is 298 g/mol. The molecule has 1 rings (SSSR count). The van der Waals surface area contributed by atoms with Crippen LogP contribution in [0.2, 0.25) is 0 Å². The van der Waals surface area contributed by atoms with E-state index in [0.717, 1.165) is 6.07 Å². The molecule has 0 saturated carbocycles. The van der Waals surface area contributed by atoms with Crippen LogP contribution in [0.25, 0.3) is 0 Å². The van der Waals surface area contributed by atoms with Crippen LogP contribution < -0.4 is 10.6 Å². The topological polar surface area (TPSA) is 64.8 Å². The maximum Gasteiger partial charge on any atom is 0.340 e. The predicted octanol–water partition coefficient (Wildman–Crippen LogP) is 2.45. The summed E-state index contributed by atoms with van der Waals surface area (Å²) in [5.74, 6) is -1.02. The summed E-state index contributed by atoms with van der Waals surface area (Å²) in [4.78, 5) is 13.7. The lowest BCUT2D eigenvalue weighted by atomic mass is 10.1. The first-order valence-electron chi connectivity index (χ1n) is 6.97. The van der Waals surface area contributed by atoms with Gasteiger partial charge < -0.3 is 20.1 Å². The van der Waals surface area contributed by atoms with Crippen molar-refractivity contribution in [2.45, 2.75) is 26.8 Å². The predicted molar refractivity (Wildman–Crippen MR) is 81.1 cm³/mol. The Kier molecular flexibility index (Phi) is 6.42. The van der Waals surface area contributed by atoms with E-state index in [2.05, 4.69) is 0 Å². The lowest BCUT2D eigenvalue weighted by Gasteiger charge is -2.30. The third-order valence-corrected chi connectivity index (χ3v) is 3.20. The van der Waals surface area contributed by atoms with Gasteiger partial charge in [-0.1, -0.05) is 0 Å². The summed E-state index contributed by atoms with van der Waals surface area (Å²) in [5, 5.41) is 0. The highest BCUT2D eigenvalue weighted by Gasteiger charge is 2.21. The van der Waals surface area contributed by atoms with Crippen molar-refractivity contribution in [2.75, 3.05) is 37.5 Å². The summed E-state index contributed by atoms with van der Waals surface area (Å²) in [7, 11) is 1.59. The van der Waals surface area contributed by atoms with E-state index in [1.54, 1.807) is 14.0 Å². The Morgan fingerprint density at radius 1 is 1.43 bits per heavy atom. The largest absolute Gasteiger partial charge is 0.462 e. The second-order valence-electron chi connectivity index (χ2n) is 4.70. The molecule has 2 N–H and O–H groups in total. The molecule has 1 aromatic carbocycles. The Labute approximate surface area is 124 Å². The zero-order chi connectivity index (χ0) is 16.0. The van der Waals surface area contributed by atoms with Crippen LogP contribution >= 0.6 is 0 Å². The van der Waals surface area contributed by atoms with Crippen LogP contribution in [-0.2, 0) is 9.47 Å². The van der Waals surface area contributed by atoms with Gasteiger partial charge in [0.1, 0.15) is 5.82 Å². The standard InChI is InChI=1S/C15H23FN2O3/c1-5-18(10(3)9-20-4)14-7-11(15(19)21-6-2)13(17)8-12(14)16/h7-8,10H,5-6,9,17H2,1-4H3. The first-order valence-corrected chi connectivity index (χ1v) is 6.97. The molecule has 0 aliphatic rings. The molecule has 0 amide bonds. The van der Waals surface area contributed by atoms with Crippen molar-refractivity contribution >= 4 is 17.3 Å². The van der Waals surface area contributed by atoms with Crippen LogP contribution in [-0.4, -0.2) is 38.9 Å². The third-order valence-electron chi connectivity index (χ3n) is 3.20. The summed E-state index contributed by atoms with van der Waals surface area (Å²) in [5.41, 5.74) is 6.28. The molecule has 0 saturated heterocycles. The fourth-order valence-corrected chi connectivity index (χ4v) is 2.23. The Morgan fingerprint density at radius 3 is 2.62 bits per heavy atom. The molecular formula is C15H23FN2O3. The highest BCUT2D eigenvalue weighted by atomic mass is 19.1. The quantitative estimate of drug-likeness (QED) is 0.619. The van der Waals surface area contributed by atoms with Crippen molar-refractivity contribution in [3.63, 3.8) is 0 Å². The zero-order valence-corrected chi connectivity index (χ0v) is 13.0. The number of rotatable bonds is 7. The number of nitrogen functional groups attached to an aromatic ring is 1. The molecule has 0 aliphatic heterocycles. The van der Waals surface area contributed by atoms with Crippen molar-refractivity contribution in [1.82, 2.24) is 0 Å². The van der Waals surface area contributed by atoms with Crippen molar-refractivity contribution in [2.24, 2.45) is 0 Å². The number of methoxy groups -OCH3 is 1. The van der Waals surface area contributed by atoms with Gasteiger partial charge in [0.2, 0.25) is 0 Å². The normalized spacial score (nSPS) is 12.0. The number of carbonyl (C=O) groups is 1. The third kappa shape index (κ3) is 4.07. The highest BCUT2D eigenvalue weighted by Crippen LogP contribution is 2.27. The molecule has 5 nitrogen and oxygen atoms in total. The SMILES string of the molecule is CCOC(=O)c1cc(N(CC)C(C)COC)c(F)cc1N. The molecule has 0 radical (unpaired) electrons. The molecule has 0 fully saturated rings. The molecule has 21 heavy (non-hydrogen) atoms. The van der Waals surface area contributed by atoms with Crippen LogP contribution in [0.1, 0.15) is 31.1 Å². The molecule has 1 atom stereocenters. The van der Waals surface area contributed by atoms with Crippen molar-refractivity contribution in [1.29, 1.82) is 0 Å². The Hall–Kier alpha value is -1.82. The Balaban J connectivity index is 3.22. The monoisotopic (exact) mass is 298 g/mol. The number of hydrogen-bond donors (Lipinski definition) is 1. The number of esters is 1. The van der Waals surface area contributed by atoms with Gasteiger partial charge in [0.15, 0.2) is 0 Å². The summed E-state index contributed by atoms with van der Waals surface area (Å²) in [6.07, 6.45) is 0. The number of benzene rings is 1. The summed E-state index contributed by atoms with van der Waals surface area (Å²) in [6.45, 7) is 6.80. The van der Waals surface area contributed by atoms with Gasteiger partial charge in [0, 0.05) is 25.4 Å². The van der Waals surface area contributed by atoms with Crippen molar-refractivity contribution < 1.29 is 18.7 Å². The van der Waals surface area contributed by atoms with E-state index < -0.39 is 11.8 Å². The van der Waals surface area contributed by atoms with Crippen LogP contribution in [0.5, 0.6) is 0 Å². The molecule has 0 heterocycles. The van der Waals surface area contributed by atoms with Crippen molar-refractivity contribution in [3.05, 3.63) is 23.5 Å². The number of hydrogen-bond acceptors (Lipinski definition) is 5. The first-order chi connectivity index (χ1) is 9.96. The van der Waals surface area contributed by atoms with Crippen LogP contribution in [0, 0.1) is 5.82 Å². The minimum absolute atomic E-state index is 0.0341. The van der Waals surface area contributed by atoms with Gasteiger partial charge in [-0.2, -0.15) is 0 Å². The average Bonchev–Trinajstić information content (AvgIpc) is 2.42. The van der Waals surface area contributed by atoms with Gasteiger partial charge in [-0.05, 0) is 32.9 Å². The van der Waals surface area contributed by atoms with Crippen molar-refractivity contribution in [3.8, 4) is 0 Å². The molecule has 0 spiro atoms. The number of anilines is 2. The lowest BCUT2D eigenvalue weighted by Crippen LogP contribution is -2.37. The molecule has 1 aromatic rings. The van der Waals surface area contributed by atoms with E-state index >= 15 is 0 Å². The lowest BCUT2D eigenvalue weighted by molar-refractivity contribution is 0.0527. The Morgan fingerprint density at radius 2 is 2.10 bits per heavy atom. The number of nitrogens with two attached hydrogens (primary N) is 1. The number of ether oxygens (including phenoxy) is 2. The smallest absolute Gasteiger partial charge is 0.340 e. The van der Waals surface area contributed by atoms with Crippen LogP contribution in [0.3, 0.4) is 0 Å². The maximum atomic E-state index is 14.2. The zero-order valence-electron chi connectivity index (χ0n) is 13.0. The number of carbonyl (C=O) groups excluding carboxylic acids is 1. The fourth-order valence-electron chi connectivity index (χ4n) is 2.23. The second kappa shape index (κ2) is 7.83. The molecule has 0 bridgehead atoms. The van der Waals surface area contributed by atoms with E-state index in [0.29, 0.717) is 18.8 Å². The van der Waals surface area contributed by atoms with Gasteiger partial charge in [-0.3, -0.25) is 0 Å². The first kappa shape index (κ1) is 17.2. The minimum atomic E-state index is -0.549. The van der Waals surface area contributed by atoms with Crippen LogP contribution in [0.4, 0.5) is 15.8 Å². The summed E-state index contributed by atoms with van der Waals surface area (Å²) < 4.78 is 24.3. The second-order valence-corrected chi connectivity index (χ2v) is 4.70. The van der Waals surface area contributed by atoms with Gasteiger partial charge in [0.05, 0.1) is 24.5 Å². The van der Waals surface area contributed by atoms with Gasteiger partial charge in [0.25, 0.3) is 0 Å². The maximum absolute atomic E-state index is 14.2. The van der Waals surface area contributed by atoms with E-state index in [-0.39, 0.29) is 23.9 Å². The highest BCUT2D eigenvalue weighted by molar-refractivity contribution is 5.96. The molecule has 118 valence electrons. The van der Waals surface area contributed by atoms with E-state index in [1.807, 2.05) is 18.7 Å². The summed E-state index contributed by atoms with van der Waals surface area (Å²) >= 11 is 0. The van der Waals surface area contributed by atoms with E-state index in [9.17, 15) is 9.18 Å². The van der Waals surface area contributed by atoms with Gasteiger partial charge in [-0.25, -0.2) is 9.18 Å². The number of halogens is 1. The molecular weight excluding hydrogens is 275 g/mol. The van der Waals surface area contributed by atoms with Gasteiger partial charge in [-0.15, -0.1) is 0 Å². The van der Waals surface area contributed by atoms with Gasteiger partial charge >= 0.3 is 5.97 Å². The molecule has 1 unspecified atom stereocenters. The Bertz CT molecular complexity index is 494. The van der Waals surface area contributed by atoms with Crippen LogP contribution in [0.15, 0.2) is 12.1 Å². The fraction of sp³-hybridized carbons (Fsp3) is 0.533. The molecule has 0 aliphatic carbocycles. The molecule has 0 aromatic heterocycles. The van der Waals surface area contributed by atoms with E-state index in [4.69, 9.17) is 15.2 Å².